The molecule has 1 heterocycles. The minimum atomic E-state index is 0. The number of ether oxygens (including phenoxy) is 1. The molecule has 3 heteroatoms. The molecule has 0 aromatic heterocycles. The van der Waals surface area contributed by atoms with Crippen LogP contribution in [0.3, 0.4) is 0 Å². The van der Waals surface area contributed by atoms with Gasteiger partial charge in [-0.3, -0.25) is 0 Å². The van der Waals surface area contributed by atoms with Crippen LogP contribution in [0, 0.1) is 0 Å². The molecule has 0 aliphatic carbocycles. The molecule has 2 nitrogen and oxygen atoms in total. The van der Waals surface area contributed by atoms with Gasteiger partial charge >= 0.3 is 0 Å². The summed E-state index contributed by atoms with van der Waals surface area (Å²) < 4.78 is 5.65. The Bertz CT molecular complexity index is 412. The minimum absolute atomic E-state index is 0. The zero-order valence-corrected chi connectivity index (χ0v) is 16.5. The molecule has 1 saturated heterocycles. The van der Waals surface area contributed by atoms with E-state index in [2.05, 4.69) is 43.0 Å². The van der Waals surface area contributed by atoms with E-state index in [1.165, 1.54) is 70.0 Å². The van der Waals surface area contributed by atoms with Gasteiger partial charge in [0, 0.05) is 6.04 Å². The topological polar surface area (TPSA) is 12.5 Å². The van der Waals surface area contributed by atoms with Gasteiger partial charge in [-0.15, -0.1) is 12.4 Å². The first kappa shape index (κ1) is 21.3. The third-order valence-electron chi connectivity index (χ3n) is 5.03. The molecule has 138 valence electrons. The molecular formula is C21H36ClNO. The first-order valence-electron chi connectivity index (χ1n) is 9.79. The first-order valence-corrected chi connectivity index (χ1v) is 9.79. The van der Waals surface area contributed by atoms with Crippen molar-refractivity contribution in [2.24, 2.45) is 0 Å². The van der Waals surface area contributed by atoms with Crippen LogP contribution in [0.1, 0.15) is 70.8 Å². The third-order valence-corrected chi connectivity index (χ3v) is 5.03. The minimum Gasteiger partial charge on any atom is -0.494 e. The standard InChI is InChI=1S/C21H35NO.ClH/c1-3-18-23-21-14-12-19(13-15-21)10-9-11-20(4-2)22-16-7-5-6-8-17-22;/h12-15,20H,3-11,16-18H2,1-2H3;1H. The van der Waals surface area contributed by atoms with Crippen molar-refractivity contribution < 1.29 is 4.74 Å². The number of hydrogen-bond acceptors (Lipinski definition) is 2. The molecule has 1 aromatic rings. The molecule has 0 radical (unpaired) electrons. The lowest BCUT2D eigenvalue weighted by Gasteiger charge is -2.30. The number of nitrogens with zero attached hydrogens (tertiary/aromatic N) is 1. The maximum atomic E-state index is 5.65. The van der Waals surface area contributed by atoms with Gasteiger partial charge in [0.25, 0.3) is 0 Å². The average Bonchev–Trinajstić information content (AvgIpc) is 2.87. The highest BCUT2D eigenvalue weighted by Crippen LogP contribution is 2.19. The van der Waals surface area contributed by atoms with Gasteiger partial charge in [0.2, 0.25) is 0 Å². The molecule has 1 aliphatic heterocycles. The summed E-state index contributed by atoms with van der Waals surface area (Å²) in [7, 11) is 0. The number of aryl methyl sites for hydroxylation is 1. The van der Waals surface area contributed by atoms with Crippen molar-refractivity contribution >= 4 is 12.4 Å². The molecule has 1 aromatic carbocycles. The second-order valence-corrected chi connectivity index (χ2v) is 6.90. The average molecular weight is 354 g/mol. The smallest absolute Gasteiger partial charge is 0.119 e. The van der Waals surface area contributed by atoms with Crippen LogP contribution in [0.25, 0.3) is 0 Å². The predicted molar refractivity (Wildman–Crippen MR) is 107 cm³/mol. The van der Waals surface area contributed by atoms with Crippen molar-refractivity contribution in [2.75, 3.05) is 19.7 Å². The first-order chi connectivity index (χ1) is 11.3. The Kier molecular flexibility index (Phi) is 11.2. The Hall–Kier alpha value is -0.730. The molecule has 0 amide bonds. The second-order valence-electron chi connectivity index (χ2n) is 6.90. The SMILES string of the molecule is CCCOc1ccc(CCCC(CC)N2CCCCCC2)cc1.Cl. The highest BCUT2D eigenvalue weighted by molar-refractivity contribution is 5.85. The summed E-state index contributed by atoms with van der Waals surface area (Å²) in [5.74, 6) is 1.01. The lowest BCUT2D eigenvalue weighted by Crippen LogP contribution is -2.35. The van der Waals surface area contributed by atoms with Crippen molar-refractivity contribution in [3.63, 3.8) is 0 Å². The largest absolute Gasteiger partial charge is 0.494 e. The van der Waals surface area contributed by atoms with Crippen LogP contribution >= 0.6 is 12.4 Å². The summed E-state index contributed by atoms with van der Waals surface area (Å²) in [5.41, 5.74) is 1.44. The molecule has 0 saturated carbocycles. The van der Waals surface area contributed by atoms with Crippen molar-refractivity contribution in [3.8, 4) is 5.75 Å². The molecule has 0 bridgehead atoms. The maximum absolute atomic E-state index is 5.65. The van der Waals surface area contributed by atoms with E-state index in [4.69, 9.17) is 4.74 Å². The number of hydrogen-bond donors (Lipinski definition) is 0. The van der Waals surface area contributed by atoms with E-state index in [0.717, 1.165) is 24.8 Å². The maximum Gasteiger partial charge on any atom is 0.119 e. The van der Waals surface area contributed by atoms with Crippen molar-refractivity contribution in [2.45, 2.75) is 77.7 Å². The van der Waals surface area contributed by atoms with Crippen molar-refractivity contribution in [3.05, 3.63) is 29.8 Å². The van der Waals surface area contributed by atoms with Crippen LogP contribution in [-0.2, 0) is 6.42 Å². The number of benzene rings is 1. The fourth-order valence-electron chi connectivity index (χ4n) is 3.62. The van der Waals surface area contributed by atoms with Crippen LogP contribution in [0.5, 0.6) is 5.75 Å². The Labute approximate surface area is 155 Å². The van der Waals surface area contributed by atoms with Gasteiger partial charge in [-0.05, 0) is 75.7 Å². The number of halogens is 1. The summed E-state index contributed by atoms with van der Waals surface area (Å²) in [6, 6.07) is 9.50. The summed E-state index contributed by atoms with van der Waals surface area (Å²) in [6.07, 6.45) is 11.8. The molecule has 1 atom stereocenters. The number of rotatable bonds is 9. The van der Waals surface area contributed by atoms with Crippen LogP contribution < -0.4 is 4.74 Å². The molecule has 1 fully saturated rings. The lowest BCUT2D eigenvalue weighted by molar-refractivity contribution is 0.186. The Morgan fingerprint density at radius 2 is 1.67 bits per heavy atom. The normalized spacial score (nSPS) is 16.9. The monoisotopic (exact) mass is 353 g/mol. The van der Waals surface area contributed by atoms with E-state index in [0.29, 0.717) is 0 Å². The molecule has 1 unspecified atom stereocenters. The quantitative estimate of drug-likeness (QED) is 0.550. The van der Waals surface area contributed by atoms with Gasteiger partial charge in [-0.25, -0.2) is 0 Å². The zero-order chi connectivity index (χ0) is 16.3. The van der Waals surface area contributed by atoms with E-state index in [1.807, 2.05) is 0 Å². The van der Waals surface area contributed by atoms with Crippen molar-refractivity contribution in [1.29, 1.82) is 0 Å². The summed E-state index contributed by atoms with van der Waals surface area (Å²) in [5, 5.41) is 0. The highest BCUT2D eigenvalue weighted by Gasteiger charge is 2.17. The van der Waals surface area contributed by atoms with Crippen LogP contribution in [0.2, 0.25) is 0 Å². The van der Waals surface area contributed by atoms with Gasteiger partial charge in [-0.2, -0.15) is 0 Å². The Morgan fingerprint density at radius 1 is 1.00 bits per heavy atom. The van der Waals surface area contributed by atoms with Gasteiger partial charge < -0.3 is 9.64 Å². The molecule has 0 N–H and O–H groups in total. The predicted octanol–water partition coefficient (Wildman–Crippen LogP) is 5.87. The van der Waals surface area contributed by atoms with Gasteiger partial charge in [-0.1, -0.05) is 38.8 Å². The fraction of sp³-hybridized carbons (Fsp3) is 0.714. The molecular weight excluding hydrogens is 318 g/mol. The summed E-state index contributed by atoms with van der Waals surface area (Å²) in [4.78, 5) is 2.76. The molecule has 1 aliphatic rings. The van der Waals surface area contributed by atoms with Crippen LogP contribution in [0.15, 0.2) is 24.3 Å². The fourth-order valence-corrected chi connectivity index (χ4v) is 3.62. The zero-order valence-electron chi connectivity index (χ0n) is 15.6. The van der Waals surface area contributed by atoms with Crippen LogP contribution in [0.4, 0.5) is 0 Å². The van der Waals surface area contributed by atoms with Gasteiger partial charge in [0.1, 0.15) is 5.75 Å². The van der Waals surface area contributed by atoms with Crippen LogP contribution in [-0.4, -0.2) is 30.6 Å². The van der Waals surface area contributed by atoms with E-state index in [9.17, 15) is 0 Å². The van der Waals surface area contributed by atoms with E-state index >= 15 is 0 Å². The summed E-state index contributed by atoms with van der Waals surface area (Å²) in [6.45, 7) is 7.95. The van der Waals surface area contributed by atoms with E-state index in [1.54, 1.807) is 0 Å². The highest BCUT2D eigenvalue weighted by atomic mass is 35.5. The Balaban J connectivity index is 0.00000288. The second kappa shape index (κ2) is 12.6. The third kappa shape index (κ3) is 7.44. The lowest BCUT2D eigenvalue weighted by atomic mass is 10.0. The van der Waals surface area contributed by atoms with E-state index in [-0.39, 0.29) is 12.4 Å². The van der Waals surface area contributed by atoms with E-state index < -0.39 is 0 Å². The summed E-state index contributed by atoms with van der Waals surface area (Å²) >= 11 is 0. The van der Waals surface area contributed by atoms with Crippen molar-refractivity contribution in [1.82, 2.24) is 4.90 Å². The molecule has 0 spiro atoms. The number of likely N-dealkylation sites (tertiary alicyclic amines) is 1. The Morgan fingerprint density at radius 3 is 2.25 bits per heavy atom. The van der Waals surface area contributed by atoms with Gasteiger partial charge in [0.05, 0.1) is 6.61 Å². The van der Waals surface area contributed by atoms with Gasteiger partial charge in [0.15, 0.2) is 0 Å². The molecule has 24 heavy (non-hydrogen) atoms. The molecule has 2 rings (SSSR count).